The van der Waals surface area contributed by atoms with Gasteiger partial charge in [-0.25, -0.2) is 15.0 Å². The Balaban J connectivity index is 1.97. The minimum absolute atomic E-state index is 0.255. The number of fused-ring (bicyclic) bond motifs is 1. The summed E-state index contributed by atoms with van der Waals surface area (Å²) in [6.07, 6.45) is 4.74. The topological polar surface area (TPSA) is 126 Å². The van der Waals surface area contributed by atoms with Gasteiger partial charge in [-0.3, -0.25) is 0 Å². The Morgan fingerprint density at radius 1 is 1.33 bits per heavy atom. The fourth-order valence-electron chi connectivity index (χ4n) is 1.31. The smallest absolute Gasteiger partial charge is 0.390 e. The van der Waals surface area contributed by atoms with Crippen LogP contribution in [0.25, 0.3) is 11.2 Å². The number of rotatable bonds is 3. The van der Waals surface area contributed by atoms with Crippen LogP contribution in [0.5, 0.6) is 0 Å². The van der Waals surface area contributed by atoms with Crippen LogP contribution >= 0.6 is 11.8 Å². The van der Waals surface area contributed by atoms with E-state index in [1.807, 2.05) is 0 Å². The summed E-state index contributed by atoms with van der Waals surface area (Å²) in [6, 6.07) is 0. The zero-order valence-electron chi connectivity index (χ0n) is 8.69. The molecule has 0 spiro atoms. The number of H-pyrrole nitrogens is 2. The van der Waals surface area contributed by atoms with Gasteiger partial charge in [-0.1, -0.05) is 0 Å². The molecule has 0 atom stereocenters. The van der Waals surface area contributed by atoms with Crippen LogP contribution < -0.4 is 0 Å². The zero-order chi connectivity index (χ0) is 12.5. The van der Waals surface area contributed by atoms with E-state index in [-0.39, 0.29) is 11.6 Å². The molecule has 0 aliphatic carbocycles. The number of aromatic nitrogens is 6. The molecule has 0 aliphatic rings. The van der Waals surface area contributed by atoms with Crippen LogP contribution in [0.3, 0.4) is 0 Å². The van der Waals surface area contributed by atoms with E-state index in [0.717, 1.165) is 0 Å². The van der Waals surface area contributed by atoms with Gasteiger partial charge in [0.05, 0.1) is 6.20 Å². The highest BCUT2D eigenvalue weighted by molar-refractivity contribution is 7.99. The van der Waals surface area contributed by atoms with Crippen LogP contribution in [0.15, 0.2) is 28.9 Å². The second kappa shape index (κ2) is 4.07. The van der Waals surface area contributed by atoms with Crippen molar-refractivity contribution in [3.63, 3.8) is 0 Å². The van der Waals surface area contributed by atoms with Crippen molar-refractivity contribution in [2.45, 2.75) is 10.3 Å². The van der Waals surface area contributed by atoms with Crippen molar-refractivity contribution in [1.82, 2.24) is 29.9 Å². The molecule has 0 saturated carbocycles. The number of aromatic amines is 2. The minimum Gasteiger partial charge on any atom is -0.390 e. The molecule has 90 valence electrons. The fraction of sp³-hybridized carbons (Fsp3) is 0. The molecule has 0 aromatic carbocycles. The number of nitrogens with zero attached hydrogens (tertiary/aromatic N) is 5. The van der Waals surface area contributed by atoms with Crippen molar-refractivity contribution in [3.05, 3.63) is 28.7 Å². The first-order chi connectivity index (χ1) is 8.72. The maximum Gasteiger partial charge on any atom is 0.435 e. The summed E-state index contributed by atoms with van der Waals surface area (Å²) in [5.41, 5.74) is 0.677. The van der Waals surface area contributed by atoms with E-state index >= 15 is 0 Å². The average molecular weight is 263 g/mol. The van der Waals surface area contributed by atoms with Gasteiger partial charge in [0, 0.05) is 12.4 Å². The lowest BCUT2D eigenvalue weighted by Gasteiger charge is -1.93. The van der Waals surface area contributed by atoms with Crippen molar-refractivity contribution in [1.29, 1.82) is 0 Å². The quantitative estimate of drug-likeness (QED) is 0.412. The lowest BCUT2D eigenvalue weighted by Crippen LogP contribution is -1.89. The summed E-state index contributed by atoms with van der Waals surface area (Å²) < 4.78 is 0. The van der Waals surface area contributed by atoms with Gasteiger partial charge < -0.3 is 15.1 Å². The second-order valence-electron chi connectivity index (χ2n) is 3.20. The van der Waals surface area contributed by atoms with Crippen LogP contribution in [0, 0.1) is 10.1 Å². The lowest BCUT2D eigenvalue weighted by atomic mass is 10.6. The Morgan fingerprint density at radius 2 is 2.22 bits per heavy atom. The van der Waals surface area contributed by atoms with Crippen LogP contribution in [0.1, 0.15) is 0 Å². The van der Waals surface area contributed by atoms with Gasteiger partial charge in [0.25, 0.3) is 5.65 Å². The fourth-order valence-corrected chi connectivity index (χ4v) is 1.96. The van der Waals surface area contributed by atoms with Gasteiger partial charge >= 0.3 is 5.95 Å². The van der Waals surface area contributed by atoms with Gasteiger partial charge in [-0.2, -0.15) is 4.98 Å². The highest BCUT2D eigenvalue weighted by Gasteiger charge is 2.16. The first-order valence-corrected chi connectivity index (χ1v) is 5.58. The molecular formula is C8H5N7O2S. The van der Waals surface area contributed by atoms with Gasteiger partial charge in [-0.05, 0) is 21.7 Å². The summed E-state index contributed by atoms with van der Waals surface area (Å²) in [5, 5.41) is 11.6. The largest absolute Gasteiger partial charge is 0.435 e. The maximum atomic E-state index is 10.6. The van der Waals surface area contributed by atoms with Crippen LogP contribution in [-0.2, 0) is 0 Å². The molecule has 0 bridgehead atoms. The predicted octanol–water partition coefficient (Wildman–Crippen LogP) is 1.14. The molecular weight excluding hydrogens is 258 g/mol. The van der Waals surface area contributed by atoms with E-state index in [9.17, 15) is 10.1 Å². The third-order valence-electron chi connectivity index (χ3n) is 2.04. The van der Waals surface area contributed by atoms with Crippen molar-refractivity contribution >= 4 is 28.9 Å². The van der Waals surface area contributed by atoms with Gasteiger partial charge in [-0.15, -0.1) is 0 Å². The summed E-state index contributed by atoms with van der Waals surface area (Å²) in [5.74, 6) is -0.348. The van der Waals surface area contributed by atoms with E-state index in [1.165, 1.54) is 18.0 Å². The van der Waals surface area contributed by atoms with E-state index in [4.69, 9.17) is 0 Å². The first kappa shape index (κ1) is 10.7. The highest BCUT2D eigenvalue weighted by atomic mass is 32.2. The highest BCUT2D eigenvalue weighted by Crippen LogP contribution is 2.22. The van der Waals surface area contributed by atoms with Crippen molar-refractivity contribution in [2.75, 3.05) is 0 Å². The molecule has 0 unspecified atom stereocenters. The van der Waals surface area contributed by atoms with Gasteiger partial charge in [0.15, 0.2) is 15.8 Å². The number of imidazole rings is 2. The maximum absolute atomic E-state index is 10.6. The Labute approximate surface area is 103 Å². The zero-order valence-corrected chi connectivity index (χ0v) is 9.51. The summed E-state index contributed by atoms with van der Waals surface area (Å²) in [6.45, 7) is 0. The predicted molar refractivity (Wildman–Crippen MR) is 61.0 cm³/mol. The van der Waals surface area contributed by atoms with E-state index in [1.54, 1.807) is 12.4 Å². The molecule has 9 nitrogen and oxygen atoms in total. The number of nitrogens with one attached hydrogen (secondary N) is 2. The molecule has 10 heteroatoms. The number of hydrogen-bond acceptors (Lipinski definition) is 7. The Bertz CT molecular complexity index is 707. The van der Waals surface area contributed by atoms with E-state index in [0.29, 0.717) is 15.8 Å². The van der Waals surface area contributed by atoms with Crippen molar-refractivity contribution < 1.29 is 4.92 Å². The SMILES string of the molecule is O=[N+]([O-])c1nc2nc(Sc3ncc[nH]3)ncc2[nH]1. The summed E-state index contributed by atoms with van der Waals surface area (Å²) in [4.78, 5) is 31.3. The third kappa shape index (κ3) is 1.88. The van der Waals surface area contributed by atoms with Crippen molar-refractivity contribution in [3.8, 4) is 0 Å². The molecule has 2 N–H and O–H groups in total. The normalized spacial score (nSPS) is 10.9. The number of hydrogen-bond donors (Lipinski definition) is 2. The van der Waals surface area contributed by atoms with Crippen LogP contribution in [0.4, 0.5) is 5.95 Å². The third-order valence-corrected chi connectivity index (χ3v) is 2.83. The average Bonchev–Trinajstić information content (AvgIpc) is 2.96. The molecule has 3 aromatic heterocycles. The molecule has 0 fully saturated rings. The molecule has 3 aromatic rings. The van der Waals surface area contributed by atoms with Crippen LogP contribution in [-0.4, -0.2) is 34.8 Å². The van der Waals surface area contributed by atoms with Gasteiger partial charge in [0.2, 0.25) is 0 Å². The minimum atomic E-state index is -0.610. The standard InChI is InChI=1S/C8H5N7O2S/c16-15(17)6-12-4-3-11-8(14-5(4)13-6)18-7-9-1-2-10-7/h1-3H,(H,9,10)(H,11,12,13,14). The van der Waals surface area contributed by atoms with E-state index < -0.39 is 4.92 Å². The van der Waals surface area contributed by atoms with E-state index in [2.05, 4.69) is 29.9 Å². The summed E-state index contributed by atoms with van der Waals surface area (Å²) in [7, 11) is 0. The monoisotopic (exact) mass is 263 g/mol. The molecule has 0 amide bonds. The first-order valence-electron chi connectivity index (χ1n) is 4.77. The molecule has 0 saturated heterocycles. The van der Waals surface area contributed by atoms with Gasteiger partial charge in [0.1, 0.15) is 0 Å². The Morgan fingerprint density at radius 3 is 2.94 bits per heavy atom. The Hall–Kier alpha value is -2.49. The number of nitro groups is 1. The van der Waals surface area contributed by atoms with Crippen molar-refractivity contribution in [2.24, 2.45) is 0 Å². The molecule has 0 aliphatic heterocycles. The second-order valence-corrected chi connectivity index (χ2v) is 4.16. The molecule has 3 rings (SSSR count). The molecule has 0 radical (unpaired) electrons. The summed E-state index contributed by atoms with van der Waals surface area (Å²) >= 11 is 1.21. The van der Waals surface area contributed by atoms with Crippen LogP contribution in [0.2, 0.25) is 0 Å². The Kier molecular flexibility index (Phi) is 2.41. The molecule has 3 heterocycles. The molecule has 18 heavy (non-hydrogen) atoms. The lowest BCUT2D eigenvalue weighted by molar-refractivity contribution is -0.393.